The van der Waals surface area contributed by atoms with Gasteiger partial charge in [0.2, 0.25) is 0 Å². The highest BCUT2D eigenvalue weighted by atomic mass is 16.3. The van der Waals surface area contributed by atoms with Crippen LogP contribution in [-0.2, 0) is 0 Å². The fourth-order valence-corrected chi connectivity index (χ4v) is 3.13. The predicted molar refractivity (Wildman–Crippen MR) is 91.6 cm³/mol. The minimum absolute atomic E-state index is 0.0316. The second-order valence-corrected chi connectivity index (χ2v) is 6.04. The van der Waals surface area contributed by atoms with E-state index in [9.17, 15) is 10.2 Å². The van der Waals surface area contributed by atoms with E-state index in [1.165, 1.54) is 0 Å². The van der Waals surface area contributed by atoms with E-state index < -0.39 is 6.10 Å². The number of β-amino-alcohol motifs (C(OH)–C–C–N with tert-alkyl or cyclic N) is 1. The van der Waals surface area contributed by atoms with Crippen molar-refractivity contribution in [2.24, 2.45) is 5.92 Å². The Bertz CT molecular complexity index is 856. The molecule has 122 valence electrons. The van der Waals surface area contributed by atoms with Crippen LogP contribution in [0, 0.1) is 5.92 Å². The highest BCUT2D eigenvalue weighted by Crippen LogP contribution is 2.30. The van der Waals surface area contributed by atoms with Gasteiger partial charge in [-0.1, -0.05) is 12.1 Å². The lowest BCUT2D eigenvalue weighted by Gasteiger charge is -2.19. The molecule has 0 spiro atoms. The lowest BCUT2D eigenvalue weighted by molar-refractivity contribution is 0.104. The summed E-state index contributed by atoms with van der Waals surface area (Å²) >= 11 is 0. The lowest BCUT2D eigenvalue weighted by atomic mass is 10.1. The molecule has 3 heterocycles. The number of nitrogens with zero attached hydrogens (tertiary/aromatic N) is 4. The largest absolute Gasteiger partial charge is 0.396 e. The number of hydrogen-bond acceptors (Lipinski definition) is 6. The van der Waals surface area contributed by atoms with Gasteiger partial charge in [0.25, 0.3) is 0 Å². The van der Waals surface area contributed by atoms with Crippen molar-refractivity contribution in [3.63, 3.8) is 0 Å². The van der Waals surface area contributed by atoms with Gasteiger partial charge in [-0.15, -0.1) is 0 Å². The van der Waals surface area contributed by atoms with Crippen LogP contribution in [0.5, 0.6) is 0 Å². The van der Waals surface area contributed by atoms with Crippen molar-refractivity contribution in [1.82, 2.24) is 15.0 Å². The second kappa shape index (κ2) is 6.14. The molecule has 1 fully saturated rings. The number of benzene rings is 1. The Balaban J connectivity index is 1.85. The maximum Gasteiger partial charge on any atom is 0.163 e. The second-order valence-electron chi connectivity index (χ2n) is 6.04. The average molecular weight is 322 g/mol. The molecule has 6 heteroatoms. The summed E-state index contributed by atoms with van der Waals surface area (Å²) < 4.78 is 0. The van der Waals surface area contributed by atoms with Crippen molar-refractivity contribution in [3.05, 3.63) is 48.8 Å². The zero-order valence-electron chi connectivity index (χ0n) is 13.1. The van der Waals surface area contributed by atoms with E-state index in [0.717, 1.165) is 22.3 Å². The molecule has 2 aromatic heterocycles. The molecule has 2 unspecified atom stereocenters. The van der Waals surface area contributed by atoms with Crippen molar-refractivity contribution < 1.29 is 10.2 Å². The van der Waals surface area contributed by atoms with Crippen molar-refractivity contribution >= 4 is 16.7 Å². The predicted octanol–water partition coefficient (Wildman–Crippen LogP) is 1.48. The van der Waals surface area contributed by atoms with Crippen molar-refractivity contribution in [2.75, 3.05) is 24.6 Å². The summed E-state index contributed by atoms with van der Waals surface area (Å²) in [6, 6.07) is 11.6. The number of hydrogen-bond donors (Lipinski definition) is 2. The molecule has 0 radical (unpaired) electrons. The Morgan fingerprint density at radius 2 is 1.96 bits per heavy atom. The van der Waals surface area contributed by atoms with Crippen molar-refractivity contribution in [1.29, 1.82) is 0 Å². The molecule has 0 saturated carbocycles. The number of pyridine rings is 1. The van der Waals surface area contributed by atoms with Gasteiger partial charge < -0.3 is 15.1 Å². The van der Waals surface area contributed by atoms with Gasteiger partial charge in [0.05, 0.1) is 18.2 Å². The minimum atomic E-state index is -0.550. The fourth-order valence-electron chi connectivity index (χ4n) is 3.13. The normalized spacial score (nSPS) is 20.7. The van der Waals surface area contributed by atoms with Crippen LogP contribution >= 0.6 is 0 Å². The molecule has 24 heavy (non-hydrogen) atoms. The molecule has 1 saturated heterocycles. The van der Waals surface area contributed by atoms with Gasteiger partial charge in [-0.25, -0.2) is 9.97 Å². The number of anilines is 1. The number of fused-ring (bicyclic) bond motifs is 1. The summed E-state index contributed by atoms with van der Waals surface area (Å²) in [5.41, 5.74) is 1.70. The number of aromatic nitrogens is 3. The molecular weight excluding hydrogens is 304 g/mol. The Morgan fingerprint density at radius 1 is 1.08 bits per heavy atom. The van der Waals surface area contributed by atoms with Crippen LogP contribution < -0.4 is 4.90 Å². The first-order valence-electron chi connectivity index (χ1n) is 7.97. The van der Waals surface area contributed by atoms with Gasteiger partial charge in [-0.3, -0.25) is 4.98 Å². The highest BCUT2D eigenvalue weighted by Gasteiger charge is 2.32. The van der Waals surface area contributed by atoms with E-state index in [2.05, 4.69) is 9.97 Å². The number of rotatable bonds is 3. The van der Waals surface area contributed by atoms with Gasteiger partial charge in [-0.2, -0.15) is 0 Å². The molecule has 2 N–H and O–H groups in total. The summed E-state index contributed by atoms with van der Waals surface area (Å²) in [7, 11) is 0. The van der Waals surface area contributed by atoms with Crippen LogP contribution in [0.2, 0.25) is 0 Å². The topological polar surface area (TPSA) is 82.4 Å². The van der Waals surface area contributed by atoms with Crippen molar-refractivity contribution in [3.8, 4) is 11.4 Å². The summed E-state index contributed by atoms with van der Waals surface area (Å²) in [5, 5.41) is 20.5. The Labute approximate surface area is 139 Å². The molecule has 2 atom stereocenters. The highest BCUT2D eigenvalue weighted by molar-refractivity contribution is 5.91. The summed E-state index contributed by atoms with van der Waals surface area (Å²) in [4.78, 5) is 15.5. The lowest BCUT2D eigenvalue weighted by Crippen LogP contribution is -2.23. The van der Waals surface area contributed by atoms with E-state index in [4.69, 9.17) is 4.98 Å². The maximum atomic E-state index is 10.1. The zero-order valence-corrected chi connectivity index (χ0v) is 13.1. The molecule has 0 bridgehead atoms. The first-order valence-corrected chi connectivity index (χ1v) is 7.97. The van der Waals surface area contributed by atoms with Gasteiger partial charge in [0.1, 0.15) is 5.82 Å². The van der Waals surface area contributed by atoms with E-state index in [1.807, 2.05) is 41.3 Å². The number of para-hydroxylation sites is 1. The number of aliphatic hydroxyl groups is 2. The molecule has 1 aliphatic heterocycles. The van der Waals surface area contributed by atoms with Gasteiger partial charge in [0.15, 0.2) is 5.82 Å². The molecule has 6 nitrogen and oxygen atoms in total. The third-order valence-electron chi connectivity index (χ3n) is 4.44. The van der Waals surface area contributed by atoms with Gasteiger partial charge in [-0.05, 0) is 24.3 Å². The van der Waals surface area contributed by atoms with Crippen LogP contribution in [0.4, 0.5) is 5.82 Å². The minimum Gasteiger partial charge on any atom is -0.396 e. The Kier molecular flexibility index (Phi) is 3.84. The van der Waals surface area contributed by atoms with E-state index in [0.29, 0.717) is 18.9 Å². The third kappa shape index (κ3) is 2.60. The molecule has 4 rings (SSSR count). The van der Waals surface area contributed by atoms with Crippen LogP contribution in [0.1, 0.15) is 0 Å². The van der Waals surface area contributed by atoms with Crippen LogP contribution in [0.3, 0.4) is 0 Å². The SMILES string of the molecule is OCC1CN(c2nc(-c3cccnc3)nc3ccccc23)CC1O. The van der Waals surface area contributed by atoms with Crippen LogP contribution in [0.15, 0.2) is 48.8 Å². The van der Waals surface area contributed by atoms with Crippen molar-refractivity contribution in [2.45, 2.75) is 6.10 Å². The summed E-state index contributed by atoms with van der Waals surface area (Å²) in [5.74, 6) is 1.24. The van der Waals surface area contributed by atoms with E-state index in [1.54, 1.807) is 12.4 Å². The van der Waals surface area contributed by atoms with Crippen LogP contribution in [0.25, 0.3) is 22.3 Å². The maximum absolute atomic E-state index is 10.1. The van der Waals surface area contributed by atoms with Gasteiger partial charge >= 0.3 is 0 Å². The molecule has 0 aliphatic carbocycles. The third-order valence-corrected chi connectivity index (χ3v) is 4.44. The van der Waals surface area contributed by atoms with E-state index in [-0.39, 0.29) is 12.5 Å². The molecule has 0 amide bonds. The molecule has 3 aromatic rings. The Morgan fingerprint density at radius 3 is 2.71 bits per heavy atom. The first-order chi connectivity index (χ1) is 11.8. The summed E-state index contributed by atoms with van der Waals surface area (Å²) in [6.07, 6.45) is 2.91. The van der Waals surface area contributed by atoms with E-state index >= 15 is 0 Å². The molecular formula is C18H18N4O2. The van der Waals surface area contributed by atoms with Crippen LogP contribution in [-0.4, -0.2) is 51.0 Å². The number of aliphatic hydroxyl groups excluding tert-OH is 2. The fraction of sp³-hybridized carbons (Fsp3) is 0.278. The molecule has 1 aliphatic rings. The van der Waals surface area contributed by atoms with Gasteiger partial charge in [0, 0.05) is 42.4 Å². The first kappa shape index (κ1) is 15.0. The quantitative estimate of drug-likeness (QED) is 0.760. The zero-order chi connectivity index (χ0) is 16.5. The average Bonchev–Trinajstić information content (AvgIpc) is 3.02. The smallest absolute Gasteiger partial charge is 0.163 e. The molecule has 1 aromatic carbocycles. The summed E-state index contributed by atoms with van der Waals surface area (Å²) in [6.45, 7) is 1.00. The monoisotopic (exact) mass is 322 g/mol. The Hall–Kier alpha value is -2.57. The standard InChI is InChI=1S/C18H18N4O2/c23-11-13-9-22(10-16(13)24)18-14-5-1-2-6-15(14)20-17(21-18)12-4-3-7-19-8-12/h1-8,13,16,23-24H,9-11H2.